The summed E-state index contributed by atoms with van der Waals surface area (Å²) < 4.78 is 31.9. The Bertz CT molecular complexity index is 1170. The number of anilines is 4. The zero-order valence-electron chi connectivity index (χ0n) is 18.9. The number of aromatic nitrogens is 4. The van der Waals surface area contributed by atoms with Gasteiger partial charge in [0.15, 0.2) is 11.9 Å². The molecule has 2 aliphatic heterocycles. The first kappa shape index (κ1) is 23.3. The lowest BCUT2D eigenvalue weighted by Crippen LogP contribution is -2.56. The molecule has 2 aliphatic rings. The van der Waals surface area contributed by atoms with Crippen LogP contribution in [-0.4, -0.2) is 71.6 Å². The highest BCUT2D eigenvalue weighted by Crippen LogP contribution is 2.33. The van der Waals surface area contributed by atoms with Crippen molar-refractivity contribution in [1.29, 1.82) is 0 Å². The molecule has 2 fully saturated rings. The lowest BCUT2D eigenvalue weighted by Gasteiger charge is -2.40. The highest BCUT2D eigenvalue weighted by atomic mass is 32.1. The summed E-state index contributed by atoms with van der Waals surface area (Å²) in [6.45, 7) is 0.935. The molecule has 2 atom stereocenters. The van der Waals surface area contributed by atoms with E-state index in [0.29, 0.717) is 21.5 Å². The number of rotatable bonds is 8. The molecule has 0 saturated carbocycles. The van der Waals surface area contributed by atoms with Crippen LogP contribution >= 0.6 is 11.3 Å². The van der Waals surface area contributed by atoms with E-state index in [-0.39, 0.29) is 19.1 Å². The van der Waals surface area contributed by atoms with Crippen LogP contribution in [-0.2, 0) is 9.53 Å². The maximum absolute atomic E-state index is 13.2. The van der Waals surface area contributed by atoms with Gasteiger partial charge in [-0.2, -0.15) is 5.10 Å². The smallest absolute Gasteiger partial charge is 0.282 e. The number of ether oxygens (including phenoxy) is 1. The van der Waals surface area contributed by atoms with Crippen molar-refractivity contribution >= 4 is 39.0 Å². The van der Waals surface area contributed by atoms with Crippen molar-refractivity contribution in [3.8, 4) is 0 Å². The van der Waals surface area contributed by atoms with Crippen molar-refractivity contribution in [3.05, 3.63) is 48.2 Å². The average Bonchev–Trinajstić information content (AvgIpc) is 3.48. The second-order valence-electron chi connectivity index (χ2n) is 8.48. The first-order valence-corrected chi connectivity index (χ1v) is 11.9. The van der Waals surface area contributed by atoms with Crippen molar-refractivity contribution in [3.63, 3.8) is 0 Å². The Morgan fingerprint density at radius 2 is 2.00 bits per heavy atom. The molecule has 1 amide bonds. The van der Waals surface area contributed by atoms with Gasteiger partial charge in [-0.15, -0.1) is 15.3 Å². The average molecular weight is 503 g/mol. The number of hydrogen-bond acceptors (Lipinski definition) is 10. The van der Waals surface area contributed by atoms with Gasteiger partial charge in [0.1, 0.15) is 0 Å². The monoisotopic (exact) mass is 502 g/mol. The van der Waals surface area contributed by atoms with Crippen molar-refractivity contribution in [2.24, 2.45) is 0 Å². The minimum atomic E-state index is -2.68. The van der Waals surface area contributed by atoms with Crippen LogP contribution in [0.4, 0.5) is 30.5 Å². The number of nitrogens with one attached hydrogen (secondary N) is 2. The Morgan fingerprint density at radius 1 is 1.17 bits per heavy atom. The summed E-state index contributed by atoms with van der Waals surface area (Å²) in [6.07, 6.45) is 1.63. The topological polar surface area (TPSA) is 108 Å². The van der Waals surface area contributed by atoms with Gasteiger partial charge < -0.3 is 19.9 Å². The van der Waals surface area contributed by atoms with Gasteiger partial charge in [0, 0.05) is 38.1 Å². The van der Waals surface area contributed by atoms with E-state index >= 15 is 0 Å². The number of carbonyl (C=O) groups excluding carboxylic acids is 1. The van der Waals surface area contributed by atoms with E-state index in [4.69, 9.17) is 4.74 Å². The van der Waals surface area contributed by atoms with Crippen LogP contribution in [0.1, 0.15) is 18.1 Å². The van der Waals surface area contributed by atoms with Crippen molar-refractivity contribution < 1.29 is 18.3 Å². The Balaban J connectivity index is 1.18. The molecule has 2 N–H and O–H groups in total. The molecule has 0 aliphatic carbocycles. The molecule has 35 heavy (non-hydrogen) atoms. The molecule has 0 radical (unpaired) electrons. The van der Waals surface area contributed by atoms with Gasteiger partial charge in [-0.1, -0.05) is 23.5 Å². The third-order valence-corrected chi connectivity index (χ3v) is 6.68. The standard InChI is InChI=1S/C22H24F2N8O2S/c1-34-18(14-4-2-5-16(10-14)32-12-22(23,24)13-32)19(33)27-21-30-29-20(35-21)26-15-7-9-31(11-15)17-6-3-8-25-28-17/h2-6,8,10,15,18H,7,9,11-13H2,1H3,(H,26,29)(H,27,30,33)/t15-,18-/m1/s1. The van der Waals surface area contributed by atoms with Crippen LogP contribution < -0.4 is 20.4 Å². The summed E-state index contributed by atoms with van der Waals surface area (Å²) in [6, 6.07) is 10.8. The van der Waals surface area contributed by atoms with E-state index < -0.39 is 17.9 Å². The molecule has 5 rings (SSSR count). The third-order valence-electron chi connectivity index (χ3n) is 5.91. The number of hydrogen-bond donors (Lipinski definition) is 2. The van der Waals surface area contributed by atoms with Gasteiger partial charge >= 0.3 is 0 Å². The number of halogens is 2. The summed E-state index contributed by atoms with van der Waals surface area (Å²) in [5.41, 5.74) is 1.19. The number of benzene rings is 1. The second-order valence-corrected chi connectivity index (χ2v) is 9.46. The Hall–Kier alpha value is -3.45. The molecule has 3 aromatic rings. The SMILES string of the molecule is CO[C@@H](C(=O)Nc1nnc(N[C@@H]2CCN(c3cccnn3)C2)s1)c1cccc(N2CC(F)(F)C2)c1. The largest absolute Gasteiger partial charge is 0.367 e. The van der Waals surface area contributed by atoms with E-state index in [0.717, 1.165) is 25.3 Å². The van der Waals surface area contributed by atoms with Crippen LogP contribution in [0.2, 0.25) is 0 Å². The molecule has 2 saturated heterocycles. The molecule has 0 spiro atoms. The Morgan fingerprint density at radius 3 is 2.74 bits per heavy atom. The third kappa shape index (κ3) is 5.30. The van der Waals surface area contributed by atoms with Crippen LogP contribution in [0.15, 0.2) is 42.6 Å². The van der Waals surface area contributed by atoms with Gasteiger partial charge in [-0.3, -0.25) is 10.1 Å². The van der Waals surface area contributed by atoms with Crippen LogP contribution in [0.3, 0.4) is 0 Å². The molecular formula is C22H24F2N8O2S. The number of carbonyl (C=O) groups is 1. The maximum atomic E-state index is 13.2. The lowest BCUT2D eigenvalue weighted by atomic mass is 10.0. The summed E-state index contributed by atoms with van der Waals surface area (Å²) in [4.78, 5) is 16.6. The van der Waals surface area contributed by atoms with Crippen molar-refractivity contribution in [2.45, 2.75) is 24.5 Å². The van der Waals surface area contributed by atoms with Crippen molar-refractivity contribution in [1.82, 2.24) is 20.4 Å². The van der Waals surface area contributed by atoms with E-state index in [9.17, 15) is 13.6 Å². The summed E-state index contributed by atoms with van der Waals surface area (Å²) >= 11 is 1.23. The van der Waals surface area contributed by atoms with Crippen molar-refractivity contribution in [2.75, 3.05) is 53.7 Å². The molecule has 2 aromatic heterocycles. The van der Waals surface area contributed by atoms with Crippen LogP contribution in [0.25, 0.3) is 0 Å². The fourth-order valence-corrected chi connectivity index (χ4v) is 4.92. The predicted octanol–water partition coefficient (Wildman–Crippen LogP) is 2.80. The predicted molar refractivity (Wildman–Crippen MR) is 128 cm³/mol. The molecule has 4 heterocycles. The van der Waals surface area contributed by atoms with E-state index in [1.54, 1.807) is 35.4 Å². The normalized spacial score (nSPS) is 19.8. The molecule has 184 valence electrons. The van der Waals surface area contributed by atoms with E-state index in [2.05, 4.69) is 35.9 Å². The zero-order chi connectivity index (χ0) is 24.4. The number of methoxy groups -OCH3 is 1. The Labute approximate surface area is 204 Å². The van der Waals surface area contributed by atoms with E-state index in [1.165, 1.54) is 18.4 Å². The summed E-state index contributed by atoms with van der Waals surface area (Å²) in [5, 5.41) is 23.3. The second kappa shape index (κ2) is 9.66. The fourth-order valence-electron chi connectivity index (χ4n) is 4.20. The summed E-state index contributed by atoms with van der Waals surface area (Å²) in [5.74, 6) is -2.26. The molecular weight excluding hydrogens is 478 g/mol. The van der Waals surface area contributed by atoms with Gasteiger partial charge in [0.05, 0.1) is 13.1 Å². The van der Waals surface area contributed by atoms with E-state index in [1.807, 2.05) is 12.1 Å². The van der Waals surface area contributed by atoms with Gasteiger partial charge in [0.25, 0.3) is 11.8 Å². The molecule has 13 heteroatoms. The van der Waals surface area contributed by atoms with Gasteiger partial charge in [-0.05, 0) is 36.2 Å². The highest BCUT2D eigenvalue weighted by molar-refractivity contribution is 7.19. The number of nitrogens with zero attached hydrogens (tertiary/aromatic N) is 6. The molecule has 10 nitrogen and oxygen atoms in total. The quantitative estimate of drug-likeness (QED) is 0.481. The minimum Gasteiger partial charge on any atom is -0.367 e. The zero-order valence-corrected chi connectivity index (χ0v) is 19.7. The van der Waals surface area contributed by atoms with Gasteiger partial charge in [0.2, 0.25) is 10.3 Å². The number of amides is 1. The summed E-state index contributed by atoms with van der Waals surface area (Å²) in [7, 11) is 1.42. The molecule has 1 aromatic carbocycles. The maximum Gasteiger partial charge on any atom is 0.282 e. The van der Waals surface area contributed by atoms with Crippen LogP contribution in [0, 0.1) is 0 Å². The fraction of sp³-hybridized carbons (Fsp3) is 0.409. The molecule has 0 bridgehead atoms. The Kier molecular flexibility index (Phi) is 6.43. The first-order chi connectivity index (χ1) is 16.9. The van der Waals surface area contributed by atoms with Gasteiger partial charge in [-0.25, -0.2) is 8.78 Å². The highest BCUT2D eigenvalue weighted by Gasteiger charge is 2.44. The first-order valence-electron chi connectivity index (χ1n) is 11.1. The lowest BCUT2D eigenvalue weighted by molar-refractivity contribution is -0.126. The minimum absolute atomic E-state index is 0.164. The number of alkyl halides is 2. The van der Waals surface area contributed by atoms with Crippen LogP contribution in [0.5, 0.6) is 0 Å². The molecule has 0 unspecified atom stereocenters.